The molecule has 5 atom stereocenters. The summed E-state index contributed by atoms with van der Waals surface area (Å²) in [5.41, 5.74) is 0.101. The molecule has 0 aromatic rings. The van der Waals surface area contributed by atoms with Gasteiger partial charge in [0.25, 0.3) is 0 Å². The second-order valence-corrected chi connectivity index (χ2v) is 6.26. The van der Waals surface area contributed by atoms with Gasteiger partial charge in [0.15, 0.2) is 0 Å². The predicted molar refractivity (Wildman–Crippen MR) is 80.5 cm³/mol. The number of hydrogen-bond donors (Lipinski definition) is 3. The van der Waals surface area contributed by atoms with E-state index in [1.807, 2.05) is 0 Å². The lowest BCUT2D eigenvalue weighted by atomic mass is 9.86. The normalized spacial score (nSPS) is 24.6. The lowest BCUT2D eigenvalue weighted by Crippen LogP contribution is -2.46. The quantitative estimate of drug-likeness (QED) is 0.502. The molecule has 6 heteroatoms. The molecule has 1 aliphatic rings. The van der Waals surface area contributed by atoms with Crippen molar-refractivity contribution in [2.75, 3.05) is 0 Å². The Morgan fingerprint density at radius 1 is 1.14 bits per heavy atom. The van der Waals surface area contributed by atoms with E-state index in [-0.39, 0.29) is 17.3 Å². The summed E-state index contributed by atoms with van der Waals surface area (Å²) in [5, 5.41) is 30.8. The van der Waals surface area contributed by atoms with E-state index >= 15 is 0 Å². The molecule has 22 heavy (non-hydrogen) atoms. The third-order valence-corrected chi connectivity index (χ3v) is 3.95. The van der Waals surface area contributed by atoms with Crippen molar-refractivity contribution < 1.29 is 29.6 Å². The maximum atomic E-state index is 11.8. The van der Waals surface area contributed by atoms with Crippen LogP contribution < -0.4 is 0 Å². The Morgan fingerprint density at radius 3 is 2.18 bits per heavy atom. The van der Waals surface area contributed by atoms with Gasteiger partial charge in [-0.05, 0) is 6.92 Å². The third kappa shape index (κ3) is 3.88. The first kappa shape index (κ1) is 18.7. The SMILES string of the molecule is C=C[C@H](C)[C@H](O)[C@@H](C)[C@H](O)[C@@H](O)C1=C(C)C(=O)OC(C)(C)O1. The van der Waals surface area contributed by atoms with Gasteiger partial charge >= 0.3 is 5.97 Å². The zero-order valence-electron chi connectivity index (χ0n) is 13.7. The fourth-order valence-corrected chi connectivity index (χ4v) is 2.31. The number of rotatable bonds is 6. The Kier molecular flexibility index (Phi) is 5.78. The summed E-state index contributed by atoms with van der Waals surface area (Å²) in [4.78, 5) is 11.8. The Bertz CT molecular complexity index is 467. The molecule has 3 N–H and O–H groups in total. The first-order chi connectivity index (χ1) is 10.0. The highest BCUT2D eigenvalue weighted by atomic mass is 16.7. The van der Waals surface area contributed by atoms with Gasteiger partial charge in [-0.15, -0.1) is 6.58 Å². The summed E-state index contributed by atoms with van der Waals surface area (Å²) >= 11 is 0. The predicted octanol–water partition coefficient (Wildman–Crippen LogP) is 1.11. The molecule has 0 aromatic carbocycles. The number of carbonyl (C=O) groups is 1. The van der Waals surface area contributed by atoms with Gasteiger partial charge in [0.05, 0.1) is 17.8 Å². The zero-order chi connectivity index (χ0) is 17.2. The van der Waals surface area contributed by atoms with Gasteiger partial charge in [-0.25, -0.2) is 4.79 Å². The molecule has 1 rings (SSSR count). The van der Waals surface area contributed by atoms with E-state index in [0.29, 0.717) is 0 Å². The van der Waals surface area contributed by atoms with E-state index in [2.05, 4.69) is 6.58 Å². The Labute approximate surface area is 131 Å². The molecule has 0 saturated carbocycles. The molecule has 1 aliphatic heterocycles. The highest BCUT2D eigenvalue weighted by Crippen LogP contribution is 2.31. The van der Waals surface area contributed by atoms with Crippen molar-refractivity contribution in [1.29, 1.82) is 0 Å². The average molecular weight is 314 g/mol. The van der Waals surface area contributed by atoms with Crippen LogP contribution in [-0.4, -0.2) is 45.4 Å². The van der Waals surface area contributed by atoms with Crippen LogP contribution in [0.2, 0.25) is 0 Å². The number of aliphatic hydroxyl groups is 3. The van der Waals surface area contributed by atoms with Gasteiger partial charge in [-0.1, -0.05) is 19.9 Å². The summed E-state index contributed by atoms with van der Waals surface area (Å²) in [6, 6.07) is 0. The number of aliphatic hydroxyl groups excluding tert-OH is 3. The fraction of sp³-hybridized carbons (Fsp3) is 0.688. The average Bonchev–Trinajstić information content (AvgIpc) is 2.46. The standard InChI is InChI=1S/C16H26O6/c1-7-8(2)11(17)9(3)12(18)13(19)14-10(4)15(20)22-16(5,6)21-14/h7-9,11-13,17-19H,1H2,2-6H3/t8-,9+,11-,12-,13+/m0/s1. The van der Waals surface area contributed by atoms with E-state index in [1.165, 1.54) is 20.8 Å². The Hall–Kier alpha value is -1.37. The number of ether oxygens (including phenoxy) is 2. The third-order valence-electron chi connectivity index (χ3n) is 3.95. The molecule has 0 aliphatic carbocycles. The maximum absolute atomic E-state index is 11.8. The number of esters is 1. The lowest BCUT2D eigenvalue weighted by molar-refractivity contribution is -0.217. The van der Waals surface area contributed by atoms with Crippen molar-refractivity contribution in [2.45, 2.75) is 58.7 Å². The van der Waals surface area contributed by atoms with Gasteiger partial charge in [-0.3, -0.25) is 0 Å². The van der Waals surface area contributed by atoms with Crippen LogP contribution in [0.15, 0.2) is 24.0 Å². The van der Waals surface area contributed by atoms with Crippen molar-refractivity contribution in [2.24, 2.45) is 11.8 Å². The molecule has 0 unspecified atom stereocenters. The van der Waals surface area contributed by atoms with E-state index in [9.17, 15) is 20.1 Å². The topological polar surface area (TPSA) is 96.2 Å². The first-order valence-electron chi connectivity index (χ1n) is 7.31. The molecule has 0 radical (unpaired) electrons. The number of hydrogen-bond acceptors (Lipinski definition) is 6. The van der Waals surface area contributed by atoms with Crippen LogP contribution in [0.3, 0.4) is 0 Å². The summed E-state index contributed by atoms with van der Waals surface area (Å²) in [7, 11) is 0. The zero-order valence-corrected chi connectivity index (χ0v) is 13.7. The van der Waals surface area contributed by atoms with Gasteiger partial charge in [0.1, 0.15) is 11.9 Å². The molecule has 0 spiro atoms. The van der Waals surface area contributed by atoms with Crippen molar-refractivity contribution in [3.05, 3.63) is 24.0 Å². The van der Waals surface area contributed by atoms with E-state index in [4.69, 9.17) is 9.47 Å². The summed E-state index contributed by atoms with van der Waals surface area (Å²) in [6.45, 7) is 11.5. The van der Waals surface area contributed by atoms with Crippen LogP contribution in [0.1, 0.15) is 34.6 Å². The molecular weight excluding hydrogens is 288 g/mol. The molecule has 0 fully saturated rings. The van der Waals surface area contributed by atoms with Crippen LogP contribution in [-0.2, 0) is 14.3 Å². The highest BCUT2D eigenvalue weighted by Gasteiger charge is 2.41. The summed E-state index contributed by atoms with van der Waals surface area (Å²) in [5.74, 6) is -2.75. The van der Waals surface area contributed by atoms with E-state index < -0.39 is 36.0 Å². The molecular formula is C16H26O6. The minimum Gasteiger partial charge on any atom is -0.454 e. The van der Waals surface area contributed by atoms with Crippen LogP contribution in [0, 0.1) is 11.8 Å². The lowest BCUT2D eigenvalue weighted by Gasteiger charge is -2.37. The van der Waals surface area contributed by atoms with E-state index in [0.717, 1.165) is 0 Å². The fourth-order valence-electron chi connectivity index (χ4n) is 2.31. The van der Waals surface area contributed by atoms with E-state index in [1.54, 1.807) is 19.9 Å². The van der Waals surface area contributed by atoms with Crippen molar-refractivity contribution in [1.82, 2.24) is 0 Å². The van der Waals surface area contributed by atoms with Crippen molar-refractivity contribution in [3.63, 3.8) is 0 Å². The molecule has 0 aromatic heterocycles. The maximum Gasteiger partial charge on any atom is 0.340 e. The minimum atomic E-state index is -1.44. The molecule has 126 valence electrons. The van der Waals surface area contributed by atoms with Gasteiger partial charge in [-0.2, -0.15) is 0 Å². The number of carbonyl (C=O) groups excluding carboxylic acids is 1. The van der Waals surface area contributed by atoms with Crippen LogP contribution in [0.4, 0.5) is 0 Å². The van der Waals surface area contributed by atoms with Crippen molar-refractivity contribution in [3.8, 4) is 0 Å². The highest BCUT2D eigenvalue weighted by molar-refractivity contribution is 5.89. The number of cyclic esters (lactones) is 1. The summed E-state index contributed by atoms with van der Waals surface area (Å²) in [6.07, 6.45) is -2.05. The molecule has 0 bridgehead atoms. The van der Waals surface area contributed by atoms with Gasteiger partial charge < -0.3 is 24.8 Å². The Balaban J connectivity index is 2.98. The summed E-state index contributed by atoms with van der Waals surface area (Å²) < 4.78 is 10.5. The van der Waals surface area contributed by atoms with Crippen LogP contribution >= 0.6 is 0 Å². The monoisotopic (exact) mass is 314 g/mol. The largest absolute Gasteiger partial charge is 0.454 e. The van der Waals surface area contributed by atoms with Gasteiger partial charge in [0.2, 0.25) is 5.79 Å². The van der Waals surface area contributed by atoms with Crippen LogP contribution in [0.5, 0.6) is 0 Å². The van der Waals surface area contributed by atoms with Gasteiger partial charge in [0, 0.05) is 25.7 Å². The molecule has 6 nitrogen and oxygen atoms in total. The second-order valence-electron chi connectivity index (χ2n) is 6.26. The molecule has 1 heterocycles. The van der Waals surface area contributed by atoms with Crippen LogP contribution in [0.25, 0.3) is 0 Å². The first-order valence-corrected chi connectivity index (χ1v) is 7.31. The minimum absolute atomic E-state index is 0.0287. The molecule has 0 saturated heterocycles. The van der Waals surface area contributed by atoms with Crippen molar-refractivity contribution >= 4 is 5.97 Å². The molecule has 0 amide bonds. The Morgan fingerprint density at radius 2 is 1.68 bits per heavy atom. The smallest absolute Gasteiger partial charge is 0.340 e. The second kappa shape index (κ2) is 6.81.